The number of carbonyl (C=O) groups is 2. The van der Waals surface area contributed by atoms with Gasteiger partial charge in [0, 0.05) is 19.1 Å². The Labute approximate surface area is 151 Å². The molecule has 0 radical (unpaired) electrons. The standard InChI is InChI=1S/C16H23ClN4O2S/c1-24-9-7-14(16(23)18-10-11-6-8-19-21-11)20-15(22)12-4-2-3-5-13(12)17/h2-5,11,14,19,21H,6-10H2,1H3,(H,18,23)(H,20,22). The molecule has 132 valence electrons. The average molecular weight is 371 g/mol. The van der Waals surface area contributed by atoms with Gasteiger partial charge in [-0.25, -0.2) is 0 Å². The maximum Gasteiger partial charge on any atom is 0.253 e. The number of halogens is 1. The van der Waals surface area contributed by atoms with Crippen molar-refractivity contribution in [3.05, 3.63) is 34.9 Å². The molecule has 1 aliphatic rings. The van der Waals surface area contributed by atoms with Crippen LogP contribution in [0.4, 0.5) is 0 Å². The zero-order valence-electron chi connectivity index (χ0n) is 13.6. The molecule has 0 bridgehead atoms. The first-order chi connectivity index (χ1) is 11.6. The van der Waals surface area contributed by atoms with Gasteiger partial charge >= 0.3 is 0 Å². The number of rotatable bonds is 8. The van der Waals surface area contributed by atoms with Crippen LogP contribution in [0.3, 0.4) is 0 Å². The Morgan fingerprint density at radius 3 is 2.88 bits per heavy atom. The smallest absolute Gasteiger partial charge is 0.253 e. The number of amides is 2. The van der Waals surface area contributed by atoms with Gasteiger partial charge in [-0.05, 0) is 37.0 Å². The number of nitrogens with one attached hydrogen (secondary N) is 4. The molecule has 1 aliphatic heterocycles. The topological polar surface area (TPSA) is 82.3 Å². The molecule has 1 aromatic carbocycles. The molecule has 0 aliphatic carbocycles. The second-order valence-corrected chi connectivity index (χ2v) is 6.98. The van der Waals surface area contributed by atoms with Crippen LogP contribution in [0.5, 0.6) is 0 Å². The van der Waals surface area contributed by atoms with Crippen molar-refractivity contribution in [2.24, 2.45) is 0 Å². The van der Waals surface area contributed by atoms with Crippen LogP contribution in [0.15, 0.2) is 24.3 Å². The van der Waals surface area contributed by atoms with E-state index in [-0.39, 0.29) is 17.9 Å². The minimum atomic E-state index is -0.574. The fourth-order valence-corrected chi connectivity index (χ4v) is 3.11. The highest BCUT2D eigenvalue weighted by Gasteiger charge is 2.23. The molecule has 6 nitrogen and oxygen atoms in total. The highest BCUT2D eigenvalue weighted by atomic mass is 35.5. The molecule has 24 heavy (non-hydrogen) atoms. The molecule has 2 rings (SSSR count). The summed E-state index contributed by atoms with van der Waals surface area (Å²) in [7, 11) is 0. The number of thioether (sulfide) groups is 1. The Morgan fingerprint density at radius 2 is 2.21 bits per heavy atom. The van der Waals surface area contributed by atoms with Crippen LogP contribution in [-0.4, -0.2) is 49.0 Å². The maximum absolute atomic E-state index is 12.4. The normalized spacial score (nSPS) is 18.2. The molecule has 8 heteroatoms. The van der Waals surface area contributed by atoms with Crippen molar-refractivity contribution in [3.8, 4) is 0 Å². The van der Waals surface area contributed by atoms with Gasteiger partial charge in [-0.3, -0.25) is 20.4 Å². The predicted octanol–water partition coefficient (Wildman–Crippen LogP) is 1.17. The van der Waals surface area contributed by atoms with E-state index in [9.17, 15) is 9.59 Å². The Morgan fingerprint density at radius 1 is 1.42 bits per heavy atom. The van der Waals surface area contributed by atoms with E-state index in [2.05, 4.69) is 21.5 Å². The lowest BCUT2D eigenvalue weighted by Gasteiger charge is -2.20. The van der Waals surface area contributed by atoms with Gasteiger partial charge < -0.3 is 10.6 Å². The third kappa shape index (κ3) is 5.66. The second-order valence-electron chi connectivity index (χ2n) is 5.59. The van der Waals surface area contributed by atoms with Gasteiger partial charge in [0.15, 0.2) is 0 Å². The SMILES string of the molecule is CSCCC(NC(=O)c1ccccc1Cl)C(=O)NCC1CCNN1. The summed E-state index contributed by atoms with van der Waals surface area (Å²) in [6.07, 6.45) is 3.50. The summed E-state index contributed by atoms with van der Waals surface area (Å²) in [6.45, 7) is 1.42. The first-order valence-electron chi connectivity index (χ1n) is 7.92. The summed E-state index contributed by atoms with van der Waals surface area (Å²) >= 11 is 7.69. The average Bonchev–Trinajstić information content (AvgIpc) is 3.10. The van der Waals surface area contributed by atoms with Gasteiger partial charge in [0.1, 0.15) is 6.04 Å². The van der Waals surface area contributed by atoms with Crippen molar-refractivity contribution in [3.63, 3.8) is 0 Å². The minimum absolute atomic E-state index is 0.168. The van der Waals surface area contributed by atoms with Crippen LogP contribution < -0.4 is 21.5 Å². The van der Waals surface area contributed by atoms with E-state index in [1.165, 1.54) is 0 Å². The van der Waals surface area contributed by atoms with Crippen LogP contribution in [0, 0.1) is 0 Å². The Kier molecular flexibility index (Phi) is 7.84. The monoisotopic (exact) mass is 370 g/mol. The quantitative estimate of drug-likeness (QED) is 0.552. The van der Waals surface area contributed by atoms with Crippen molar-refractivity contribution < 1.29 is 9.59 Å². The second kappa shape index (κ2) is 9.88. The van der Waals surface area contributed by atoms with Crippen LogP contribution in [-0.2, 0) is 4.79 Å². The molecule has 0 saturated carbocycles. The molecular formula is C16H23ClN4O2S. The Balaban J connectivity index is 1.94. The number of carbonyl (C=O) groups excluding carboxylic acids is 2. The largest absolute Gasteiger partial charge is 0.353 e. The molecule has 4 N–H and O–H groups in total. The first-order valence-corrected chi connectivity index (χ1v) is 9.69. The molecule has 0 aromatic heterocycles. The molecule has 1 heterocycles. The van der Waals surface area contributed by atoms with Crippen LogP contribution in [0.25, 0.3) is 0 Å². The van der Waals surface area contributed by atoms with Gasteiger partial charge in [-0.15, -0.1) is 0 Å². The number of hydrogen-bond donors (Lipinski definition) is 4. The molecule has 2 atom stereocenters. The fourth-order valence-electron chi connectivity index (χ4n) is 2.42. The minimum Gasteiger partial charge on any atom is -0.353 e. The van der Waals surface area contributed by atoms with Gasteiger partial charge in [-0.1, -0.05) is 23.7 Å². The van der Waals surface area contributed by atoms with Crippen LogP contribution in [0.1, 0.15) is 23.2 Å². The van der Waals surface area contributed by atoms with Gasteiger partial charge in [0.25, 0.3) is 5.91 Å². The highest BCUT2D eigenvalue weighted by molar-refractivity contribution is 7.98. The van der Waals surface area contributed by atoms with E-state index in [4.69, 9.17) is 11.6 Å². The maximum atomic E-state index is 12.4. The summed E-state index contributed by atoms with van der Waals surface area (Å²) in [5, 5.41) is 6.08. The third-order valence-electron chi connectivity index (χ3n) is 3.80. The third-order valence-corrected chi connectivity index (χ3v) is 4.77. The summed E-state index contributed by atoms with van der Waals surface area (Å²) in [6, 6.07) is 6.46. The molecule has 1 saturated heterocycles. The number of hydrogen-bond acceptors (Lipinski definition) is 5. The summed E-state index contributed by atoms with van der Waals surface area (Å²) in [5.74, 6) is 0.282. The van der Waals surface area contributed by atoms with Crippen molar-refractivity contribution in [2.75, 3.05) is 25.1 Å². The van der Waals surface area contributed by atoms with Crippen molar-refractivity contribution in [1.82, 2.24) is 21.5 Å². The van der Waals surface area contributed by atoms with Crippen molar-refractivity contribution in [1.29, 1.82) is 0 Å². The summed E-state index contributed by atoms with van der Waals surface area (Å²) in [5.41, 5.74) is 6.50. The van der Waals surface area contributed by atoms with E-state index < -0.39 is 6.04 Å². The summed E-state index contributed by atoms with van der Waals surface area (Å²) in [4.78, 5) is 24.8. The predicted molar refractivity (Wildman–Crippen MR) is 98.3 cm³/mol. The molecular weight excluding hydrogens is 348 g/mol. The van der Waals surface area contributed by atoms with Gasteiger partial charge in [0.2, 0.25) is 5.91 Å². The lowest BCUT2D eigenvalue weighted by Crippen LogP contribution is -2.50. The van der Waals surface area contributed by atoms with E-state index in [0.717, 1.165) is 18.7 Å². The van der Waals surface area contributed by atoms with Gasteiger partial charge in [0.05, 0.1) is 10.6 Å². The number of benzene rings is 1. The summed E-state index contributed by atoms with van der Waals surface area (Å²) < 4.78 is 0. The molecule has 1 aromatic rings. The van der Waals surface area contributed by atoms with Crippen molar-refractivity contribution >= 4 is 35.2 Å². The zero-order valence-corrected chi connectivity index (χ0v) is 15.2. The first kappa shape index (κ1) is 19.1. The van der Waals surface area contributed by atoms with E-state index in [1.807, 2.05) is 6.26 Å². The lowest BCUT2D eigenvalue weighted by molar-refractivity contribution is -0.123. The van der Waals surface area contributed by atoms with Crippen LogP contribution >= 0.6 is 23.4 Å². The molecule has 0 spiro atoms. The van der Waals surface area contributed by atoms with Crippen LogP contribution in [0.2, 0.25) is 5.02 Å². The van der Waals surface area contributed by atoms with E-state index in [0.29, 0.717) is 23.6 Å². The number of hydrazine groups is 1. The molecule has 1 fully saturated rings. The zero-order chi connectivity index (χ0) is 17.4. The fraction of sp³-hybridized carbons (Fsp3) is 0.500. The van der Waals surface area contributed by atoms with Crippen molar-refractivity contribution in [2.45, 2.75) is 24.9 Å². The Bertz CT molecular complexity index is 567. The molecule has 2 amide bonds. The lowest BCUT2D eigenvalue weighted by atomic mass is 10.1. The highest BCUT2D eigenvalue weighted by Crippen LogP contribution is 2.15. The van der Waals surface area contributed by atoms with E-state index in [1.54, 1.807) is 36.0 Å². The van der Waals surface area contributed by atoms with E-state index >= 15 is 0 Å². The Hall–Kier alpha value is -1.28. The molecule has 2 unspecified atom stereocenters. The van der Waals surface area contributed by atoms with Gasteiger partial charge in [-0.2, -0.15) is 11.8 Å².